The lowest BCUT2D eigenvalue weighted by atomic mass is 10.2. The van der Waals surface area contributed by atoms with Crippen LogP contribution in [0.4, 0.5) is 9.59 Å². The zero-order chi connectivity index (χ0) is 25.5. The third kappa shape index (κ3) is 6.71. The van der Waals surface area contributed by atoms with Gasteiger partial charge in [0.15, 0.2) is 0 Å². The third-order valence-electron chi connectivity index (χ3n) is 4.65. The summed E-state index contributed by atoms with van der Waals surface area (Å²) in [6, 6.07) is 15.0. The van der Waals surface area contributed by atoms with Crippen molar-refractivity contribution in [3.63, 3.8) is 0 Å². The van der Waals surface area contributed by atoms with E-state index in [-0.39, 0.29) is 17.1 Å². The monoisotopic (exact) mass is 487 g/mol. The van der Waals surface area contributed by atoms with E-state index >= 15 is 0 Å². The number of hydrogen-bond acceptors (Lipinski definition) is 7. The van der Waals surface area contributed by atoms with Crippen molar-refractivity contribution in [2.24, 2.45) is 0 Å². The molecule has 2 aromatic carbocycles. The minimum atomic E-state index is -4.61. The number of carbonyl (C=O) groups excluding carboxylic acids is 2. The van der Waals surface area contributed by atoms with E-state index in [9.17, 15) is 18.0 Å². The van der Waals surface area contributed by atoms with Gasteiger partial charge in [0.05, 0.1) is 22.6 Å². The smallest absolute Gasteiger partial charge is 0.443 e. The van der Waals surface area contributed by atoms with E-state index in [2.05, 4.69) is 0 Å². The van der Waals surface area contributed by atoms with Crippen molar-refractivity contribution in [1.29, 1.82) is 5.26 Å². The van der Waals surface area contributed by atoms with Gasteiger partial charge in [-0.25, -0.2) is 9.59 Å². The first-order chi connectivity index (χ1) is 15.9. The fourth-order valence-corrected chi connectivity index (χ4v) is 4.17. The number of carbonyl (C=O) groups is 2. The Bertz CT molecular complexity index is 1140. The van der Waals surface area contributed by atoms with Crippen LogP contribution in [0.5, 0.6) is 0 Å². The zero-order valence-corrected chi connectivity index (χ0v) is 20.7. The summed E-state index contributed by atoms with van der Waals surface area (Å²) in [6.45, 7) is 7.96. The summed E-state index contributed by atoms with van der Waals surface area (Å²) in [5, 5.41) is 9.78. The summed E-state index contributed by atoms with van der Waals surface area (Å²) < 4.78 is 38.2. The molecule has 9 nitrogen and oxygen atoms in total. The van der Waals surface area contributed by atoms with Crippen LogP contribution in [0.3, 0.4) is 0 Å². The molecule has 34 heavy (non-hydrogen) atoms. The molecule has 0 spiro atoms. The molecule has 0 unspecified atom stereocenters. The van der Waals surface area contributed by atoms with Gasteiger partial charge in [-0.1, -0.05) is 41.7 Å². The van der Waals surface area contributed by atoms with E-state index in [1.54, 1.807) is 58.9 Å². The molecule has 2 rings (SSSR count). The van der Waals surface area contributed by atoms with Gasteiger partial charge in [0.1, 0.15) is 12.2 Å². The van der Waals surface area contributed by atoms with E-state index in [4.69, 9.17) is 14.7 Å². The number of benzene rings is 2. The summed E-state index contributed by atoms with van der Waals surface area (Å²) in [6.07, 6.45) is -1.96. The number of nitrogens with zero attached hydrogens (tertiary/aromatic N) is 3. The van der Waals surface area contributed by atoms with Gasteiger partial charge in [-0.05, 0) is 63.9 Å². The van der Waals surface area contributed by atoms with Crippen LogP contribution in [0.25, 0.3) is 0 Å². The first kappa shape index (κ1) is 26.7. The Labute approximate surface area is 200 Å². The number of hydrogen-bond donors (Lipinski definition) is 0. The highest BCUT2D eigenvalue weighted by Gasteiger charge is 2.43. The Morgan fingerprint density at radius 2 is 1.62 bits per heavy atom. The van der Waals surface area contributed by atoms with Crippen molar-refractivity contribution in [1.82, 2.24) is 9.42 Å². The largest absolute Gasteiger partial charge is 0.444 e. The molecule has 0 aliphatic rings. The maximum Gasteiger partial charge on any atom is 0.444 e. The number of sulfonamides is 1. The lowest BCUT2D eigenvalue weighted by Crippen LogP contribution is -2.57. The molecule has 0 heterocycles. The molecule has 0 aromatic heterocycles. The van der Waals surface area contributed by atoms with Crippen LogP contribution in [0.15, 0.2) is 59.5 Å². The van der Waals surface area contributed by atoms with Gasteiger partial charge in [-0.3, -0.25) is 0 Å². The predicted octanol–water partition coefficient (Wildman–Crippen LogP) is 4.84. The summed E-state index contributed by atoms with van der Waals surface area (Å²) in [7, 11) is -4.61. The molecule has 182 valence electrons. The van der Waals surface area contributed by atoms with E-state index in [1.165, 1.54) is 24.3 Å². The Morgan fingerprint density at radius 3 is 2.12 bits per heavy atom. The Balaban J connectivity index is 2.53. The fraction of sp³-hybridized carbons (Fsp3) is 0.375. The summed E-state index contributed by atoms with van der Waals surface area (Å²) in [5.74, 6) is 0. The standard InChI is InChI=1S/C24H29N3O6S/c1-6-18(2)26(22(28)32-17-20-10-8-7-9-11-20)27(23(29)33-24(3,4)5)34(30,31)21-14-12-19(16-25)13-15-21/h7-15,18H,6,17H2,1-5H3/t18-/m0/s1. The number of nitriles is 1. The molecule has 0 aliphatic carbocycles. The quantitative estimate of drug-likeness (QED) is 0.535. The van der Waals surface area contributed by atoms with Crippen LogP contribution in [0.2, 0.25) is 0 Å². The highest BCUT2D eigenvalue weighted by Crippen LogP contribution is 2.25. The Morgan fingerprint density at radius 1 is 1.03 bits per heavy atom. The SMILES string of the molecule is CC[C@H](C)N(C(=O)OCc1ccccc1)N(C(=O)OC(C)(C)C)S(=O)(=O)c1ccc(C#N)cc1. The highest BCUT2D eigenvalue weighted by molar-refractivity contribution is 7.89. The normalized spacial score (nSPS) is 12.2. The fourth-order valence-electron chi connectivity index (χ4n) is 2.80. The Kier molecular flexibility index (Phi) is 8.65. The van der Waals surface area contributed by atoms with E-state index in [1.807, 2.05) is 12.1 Å². The average Bonchev–Trinajstić information content (AvgIpc) is 2.79. The van der Waals surface area contributed by atoms with E-state index in [0.717, 1.165) is 5.01 Å². The molecule has 0 bridgehead atoms. The molecule has 10 heteroatoms. The Hall–Kier alpha value is -3.58. The van der Waals surface area contributed by atoms with Crippen molar-refractivity contribution < 1.29 is 27.5 Å². The van der Waals surface area contributed by atoms with Crippen LogP contribution in [-0.4, -0.2) is 41.7 Å². The molecule has 0 saturated heterocycles. The van der Waals surface area contributed by atoms with Crippen LogP contribution < -0.4 is 0 Å². The molecule has 1 atom stereocenters. The van der Waals surface area contributed by atoms with Gasteiger partial charge in [-0.2, -0.15) is 18.7 Å². The third-order valence-corrected chi connectivity index (χ3v) is 6.30. The van der Waals surface area contributed by atoms with Crippen LogP contribution in [-0.2, 0) is 26.1 Å². The molecular weight excluding hydrogens is 458 g/mol. The molecule has 0 N–H and O–H groups in total. The molecule has 2 amide bonds. The first-order valence-corrected chi connectivity index (χ1v) is 12.1. The summed E-state index contributed by atoms with van der Waals surface area (Å²) >= 11 is 0. The van der Waals surface area contributed by atoms with Crippen molar-refractivity contribution in [2.75, 3.05) is 0 Å². The lowest BCUT2D eigenvalue weighted by Gasteiger charge is -2.37. The second-order valence-electron chi connectivity index (χ2n) is 8.51. The number of rotatable bonds is 6. The maximum atomic E-state index is 13.6. The second kappa shape index (κ2) is 11.0. The van der Waals surface area contributed by atoms with Gasteiger partial charge in [0.2, 0.25) is 0 Å². The molecule has 0 radical (unpaired) electrons. The lowest BCUT2D eigenvalue weighted by molar-refractivity contribution is -0.0250. The van der Waals surface area contributed by atoms with Crippen LogP contribution in [0.1, 0.15) is 52.2 Å². The minimum Gasteiger partial charge on any atom is -0.443 e. The minimum absolute atomic E-state index is 0.119. The summed E-state index contributed by atoms with van der Waals surface area (Å²) in [5.41, 5.74) is -0.104. The zero-order valence-electron chi connectivity index (χ0n) is 19.9. The van der Waals surface area contributed by atoms with E-state index < -0.39 is 33.9 Å². The number of ether oxygens (including phenoxy) is 2. The van der Waals surface area contributed by atoms with Crippen molar-refractivity contribution >= 4 is 22.2 Å². The predicted molar refractivity (Wildman–Crippen MR) is 125 cm³/mol. The van der Waals surface area contributed by atoms with Gasteiger partial charge in [-0.15, -0.1) is 0 Å². The first-order valence-electron chi connectivity index (χ1n) is 10.7. The van der Waals surface area contributed by atoms with Gasteiger partial charge in [0, 0.05) is 0 Å². The van der Waals surface area contributed by atoms with Crippen molar-refractivity contribution in [3.8, 4) is 6.07 Å². The molecular formula is C24H29N3O6S. The number of amides is 2. The molecule has 2 aromatic rings. The van der Waals surface area contributed by atoms with Gasteiger partial charge >= 0.3 is 12.2 Å². The van der Waals surface area contributed by atoms with Gasteiger partial charge < -0.3 is 9.47 Å². The highest BCUT2D eigenvalue weighted by atomic mass is 32.2. The maximum absolute atomic E-state index is 13.6. The molecule has 0 aliphatic heterocycles. The van der Waals surface area contributed by atoms with E-state index in [0.29, 0.717) is 16.4 Å². The average molecular weight is 488 g/mol. The van der Waals surface area contributed by atoms with Crippen LogP contribution in [0, 0.1) is 11.3 Å². The number of hydrazine groups is 1. The molecule has 0 fully saturated rings. The van der Waals surface area contributed by atoms with Gasteiger partial charge in [0.25, 0.3) is 10.0 Å². The van der Waals surface area contributed by atoms with Crippen molar-refractivity contribution in [3.05, 3.63) is 65.7 Å². The van der Waals surface area contributed by atoms with Crippen molar-refractivity contribution in [2.45, 2.75) is 64.2 Å². The van der Waals surface area contributed by atoms with Crippen LogP contribution >= 0.6 is 0 Å². The second-order valence-corrected chi connectivity index (χ2v) is 10.3. The summed E-state index contributed by atoms with van der Waals surface area (Å²) in [4.78, 5) is 26.0. The molecule has 0 saturated carbocycles. The topological polar surface area (TPSA) is 117 Å².